The number of benzene rings is 1. The third-order valence-corrected chi connectivity index (χ3v) is 2.73. The van der Waals surface area contributed by atoms with E-state index in [2.05, 4.69) is 10.4 Å². The number of nitrogens with zero attached hydrogens (tertiary/aromatic N) is 3. The Balaban J connectivity index is 2.29. The summed E-state index contributed by atoms with van der Waals surface area (Å²) in [6.07, 6.45) is 1.37. The fraction of sp³-hybridized carbons (Fsp3) is 0.154. The minimum atomic E-state index is -0.427. The Morgan fingerprint density at radius 2 is 2.30 bits per heavy atom. The number of carbonyl (C=O) groups excluding carboxylic acids is 1. The van der Waals surface area contributed by atoms with E-state index in [1.54, 1.807) is 7.05 Å². The van der Waals surface area contributed by atoms with Crippen molar-refractivity contribution in [2.75, 3.05) is 12.4 Å². The van der Waals surface area contributed by atoms with Crippen LogP contribution in [0.3, 0.4) is 0 Å². The number of aromatic nitrogens is 2. The zero-order chi connectivity index (χ0) is 14.7. The summed E-state index contributed by atoms with van der Waals surface area (Å²) in [5.74, 6) is 0.0263. The standard InChI is InChI=1S/C13H12N4O3/c1-17-12(9(6-14)7-15-17)16-13(19)8-3-4-10(18)11(5-8)20-2/h3-5,7,18H,1-2H3,(H,16,19). The van der Waals surface area contributed by atoms with E-state index in [1.807, 2.05) is 6.07 Å². The summed E-state index contributed by atoms with van der Waals surface area (Å²) >= 11 is 0. The van der Waals surface area contributed by atoms with Crippen molar-refractivity contribution in [1.29, 1.82) is 5.26 Å². The van der Waals surface area contributed by atoms with Gasteiger partial charge in [-0.05, 0) is 18.2 Å². The molecular formula is C13H12N4O3. The molecule has 2 N–H and O–H groups in total. The van der Waals surface area contributed by atoms with Gasteiger partial charge in [0.25, 0.3) is 5.91 Å². The molecule has 1 amide bonds. The predicted octanol–water partition coefficient (Wildman–Crippen LogP) is 1.26. The molecule has 0 aliphatic carbocycles. The lowest BCUT2D eigenvalue weighted by atomic mass is 10.2. The molecule has 7 heteroatoms. The summed E-state index contributed by atoms with van der Waals surface area (Å²) < 4.78 is 6.34. The number of hydrogen-bond donors (Lipinski definition) is 2. The Labute approximate surface area is 115 Å². The number of phenols is 1. The summed E-state index contributed by atoms with van der Waals surface area (Å²) in [4.78, 5) is 12.1. The highest BCUT2D eigenvalue weighted by Crippen LogP contribution is 2.26. The fourth-order valence-corrected chi connectivity index (χ4v) is 1.67. The number of rotatable bonds is 3. The van der Waals surface area contributed by atoms with E-state index in [4.69, 9.17) is 10.00 Å². The third kappa shape index (κ3) is 2.40. The van der Waals surface area contributed by atoms with E-state index >= 15 is 0 Å². The fourth-order valence-electron chi connectivity index (χ4n) is 1.67. The van der Waals surface area contributed by atoms with Crippen LogP contribution in [0.5, 0.6) is 11.5 Å². The number of amides is 1. The predicted molar refractivity (Wildman–Crippen MR) is 70.5 cm³/mol. The summed E-state index contributed by atoms with van der Waals surface area (Å²) in [7, 11) is 3.01. The van der Waals surface area contributed by atoms with Gasteiger partial charge in [-0.3, -0.25) is 9.48 Å². The van der Waals surface area contributed by atoms with E-state index in [-0.39, 0.29) is 17.1 Å². The number of anilines is 1. The number of carbonyl (C=O) groups is 1. The van der Waals surface area contributed by atoms with Crippen LogP contribution in [0.2, 0.25) is 0 Å². The molecule has 102 valence electrons. The minimum absolute atomic E-state index is 0.0534. The Hall–Kier alpha value is -3.01. The Bertz CT molecular complexity index is 700. The van der Waals surface area contributed by atoms with E-state index in [9.17, 15) is 9.90 Å². The molecule has 0 spiro atoms. The van der Waals surface area contributed by atoms with Crippen LogP contribution < -0.4 is 10.1 Å². The van der Waals surface area contributed by atoms with Crippen molar-refractivity contribution in [2.45, 2.75) is 0 Å². The maximum absolute atomic E-state index is 12.1. The highest BCUT2D eigenvalue weighted by molar-refractivity contribution is 6.04. The second kappa shape index (κ2) is 5.32. The highest BCUT2D eigenvalue weighted by Gasteiger charge is 2.14. The third-order valence-electron chi connectivity index (χ3n) is 2.73. The van der Waals surface area contributed by atoms with E-state index < -0.39 is 5.91 Å². The number of nitrogens with one attached hydrogen (secondary N) is 1. The minimum Gasteiger partial charge on any atom is -0.504 e. The van der Waals surface area contributed by atoms with Crippen LogP contribution in [0.15, 0.2) is 24.4 Å². The van der Waals surface area contributed by atoms with Crippen molar-refractivity contribution in [3.63, 3.8) is 0 Å². The topological polar surface area (TPSA) is 100 Å². The molecule has 2 rings (SSSR count). The second-order valence-corrected chi connectivity index (χ2v) is 3.98. The van der Waals surface area contributed by atoms with Gasteiger partial charge in [0, 0.05) is 12.6 Å². The highest BCUT2D eigenvalue weighted by atomic mass is 16.5. The lowest BCUT2D eigenvalue weighted by Crippen LogP contribution is -2.15. The molecule has 1 aromatic heterocycles. The number of phenolic OH excluding ortho intramolecular Hbond substituents is 1. The SMILES string of the molecule is COc1cc(C(=O)Nc2c(C#N)cnn2C)ccc1O. The molecule has 0 saturated carbocycles. The lowest BCUT2D eigenvalue weighted by molar-refractivity contribution is 0.102. The normalized spacial score (nSPS) is 9.85. The molecule has 7 nitrogen and oxygen atoms in total. The average molecular weight is 272 g/mol. The number of nitriles is 1. The van der Waals surface area contributed by atoms with Crippen LogP contribution in [0.4, 0.5) is 5.82 Å². The van der Waals surface area contributed by atoms with Crippen molar-refractivity contribution in [2.24, 2.45) is 7.05 Å². The molecular weight excluding hydrogens is 260 g/mol. The largest absolute Gasteiger partial charge is 0.504 e. The first-order valence-corrected chi connectivity index (χ1v) is 5.67. The number of aromatic hydroxyl groups is 1. The molecule has 2 aromatic rings. The van der Waals surface area contributed by atoms with Crippen LogP contribution in [0, 0.1) is 11.3 Å². The van der Waals surface area contributed by atoms with Gasteiger partial charge in [0.2, 0.25) is 0 Å². The summed E-state index contributed by atoms with van der Waals surface area (Å²) in [6, 6.07) is 6.17. The second-order valence-electron chi connectivity index (χ2n) is 3.98. The van der Waals surface area contributed by atoms with Gasteiger partial charge in [0.15, 0.2) is 11.5 Å². The van der Waals surface area contributed by atoms with E-state index in [0.29, 0.717) is 11.4 Å². The summed E-state index contributed by atoms with van der Waals surface area (Å²) in [5.41, 5.74) is 0.566. The van der Waals surface area contributed by atoms with E-state index in [0.717, 1.165) is 0 Å². The first kappa shape index (κ1) is 13.4. The van der Waals surface area contributed by atoms with Crippen LogP contribution in [0.1, 0.15) is 15.9 Å². The molecule has 1 aromatic carbocycles. The van der Waals surface area contributed by atoms with Gasteiger partial charge >= 0.3 is 0 Å². The molecule has 0 atom stereocenters. The Morgan fingerprint density at radius 1 is 1.55 bits per heavy atom. The Morgan fingerprint density at radius 3 is 2.95 bits per heavy atom. The molecule has 0 aliphatic rings. The average Bonchev–Trinajstić information content (AvgIpc) is 2.80. The summed E-state index contributed by atoms with van der Waals surface area (Å²) in [6.45, 7) is 0. The molecule has 1 heterocycles. The first-order valence-electron chi connectivity index (χ1n) is 5.67. The van der Waals surface area contributed by atoms with Gasteiger partial charge < -0.3 is 15.2 Å². The van der Waals surface area contributed by atoms with Crippen molar-refractivity contribution in [1.82, 2.24) is 9.78 Å². The zero-order valence-electron chi connectivity index (χ0n) is 10.9. The molecule has 0 bridgehead atoms. The van der Waals surface area contributed by atoms with Gasteiger partial charge in [0.05, 0.1) is 13.3 Å². The van der Waals surface area contributed by atoms with E-state index in [1.165, 1.54) is 36.2 Å². The number of aryl methyl sites for hydroxylation is 1. The quantitative estimate of drug-likeness (QED) is 0.876. The van der Waals surface area contributed by atoms with Gasteiger partial charge in [-0.25, -0.2) is 0 Å². The summed E-state index contributed by atoms with van der Waals surface area (Å²) in [5, 5.41) is 24.9. The lowest BCUT2D eigenvalue weighted by Gasteiger charge is -2.08. The Kier molecular flexibility index (Phi) is 3.57. The molecule has 0 saturated heterocycles. The smallest absolute Gasteiger partial charge is 0.256 e. The van der Waals surface area contributed by atoms with Crippen LogP contribution >= 0.6 is 0 Å². The molecule has 0 fully saturated rings. The van der Waals surface area contributed by atoms with Crippen LogP contribution in [-0.2, 0) is 7.05 Å². The van der Waals surface area contributed by atoms with Crippen LogP contribution in [-0.4, -0.2) is 27.9 Å². The molecule has 20 heavy (non-hydrogen) atoms. The van der Waals surface area contributed by atoms with Crippen molar-refractivity contribution in [3.05, 3.63) is 35.5 Å². The van der Waals surface area contributed by atoms with Gasteiger partial charge in [-0.15, -0.1) is 0 Å². The van der Waals surface area contributed by atoms with Gasteiger partial charge in [0.1, 0.15) is 17.5 Å². The first-order chi connectivity index (χ1) is 9.56. The monoisotopic (exact) mass is 272 g/mol. The maximum atomic E-state index is 12.1. The zero-order valence-corrected chi connectivity index (χ0v) is 10.9. The van der Waals surface area contributed by atoms with Crippen molar-refractivity contribution in [3.8, 4) is 17.6 Å². The maximum Gasteiger partial charge on any atom is 0.256 e. The molecule has 0 unspecified atom stereocenters. The van der Waals surface area contributed by atoms with Crippen LogP contribution in [0.25, 0.3) is 0 Å². The molecule has 0 radical (unpaired) electrons. The number of ether oxygens (including phenoxy) is 1. The van der Waals surface area contributed by atoms with Crippen molar-refractivity contribution >= 4 is 11.7 Å². The van der Waals surface area contributed by atoms with Gasteiger partial charge in [-0.1, -0.05) is 0 Å². The van der Waals surface area contributed by atoms with Crippen molar-refractivity contribution < 1.29 is 14.6 Å². The van der Waals surface area contributed by atoms with Gasteiger partial charge in [-0.2, -0.15) is 10.4 Å². The number of hydrogen-bond acceptors (Lipinski definition) is 5. The number of methoxy groups -OCH3 is 1. The molecule has 0 aliphatic heterocycles.